The zero-order chi connectivity index (χ0) is 19.1. The Balaban J connectivity index is 1.13. The molecule has 4 bridgehead atoms. The molecule has 8 atom stereocenters. The van der Waals surface area contributed by atoms with E-state index in [1.165, 1.54) is 79.8 Å². The molecule has 0 radical (unpaired) electrons. The van der Waals surface area contributed by atoms with Crippen LogP contribution in [-0.4, -0.2) is 82.7 Å². The average molecular weight is 381 g/mol. The van der Waals surface area contributed by atoms with Gasteiger partial charge in [0.1, 0.15) is 0 Å². The monoisotopic (exact) mass is 380 g/mol. The lowest BCUT2D eigenvalue weighted by Crippen LogP contribution is -2.59. The number of aliphatic hydroxyl groups excluding tert-OH is 2. The van der Waals surface area contributed by atoms with Crippen molar-refractivity contribution in [3.05, 3.63) is 0 Å². The Morgan fingerprint density at radius 2 is 0.852 bits per heavy atom. The van der Waals surface area contributed by atoms with Crippen molar-refractivity contribution in [2.24, 2.45) is 0 Å². The molecule has 4 aliphatic heterocycles. The van der Waals surface area contributed by atoms with Crippen molar-refractivity contribution in [2.45, 2.75) is 120 Å². The van der Waals surface area contributed by atoms with Crippen LogP contribution in [0.2, 0.25) is 0 Å². The molecule has 4 heterocycles. The van der Waals surface area contributed by atoms with Crippen LogP contribution < -0.4 is 0 Å². The summed E-state index contributed by atoms with van der Waals surface area (Å²) in [6.07, 6.45) is 16.4. The lowest BCUT2D eigenvalue weighted by atomic mass is 9.95. The maximum atomic E-state index is 10.1. The summed E-state index contributed by atoms with van der Waals surface area (Å²) in [5.74, 6) is 0. The molecule has 156 valence electrons. The van der Waals surface area contributed by atoms with Crippen molar-refractivity contribution in [1.29, 1.82) is 0 Å². The van der Waals surface area contributed by atoms with E-state index in [4.69, 9.17) is 0 Å². The fourth-order valence-electron chi connectivity index (χ4n) is 7.59. The highest BCUT2D eigenvalue weighted by Gasteiger charge is 2.51. The van der Waals surface area contributed by atoms with Crippen molar-refractivity contribution < 1.29 is 19.2 Å². The molecule has 0 aromatic carbocycles. The van der Waals surface area contributed by atoms with Crippen LogP contribution in [0.4, 0.5) is 0 Å². The number of quaternary nitrogens is 2. The first-order valence-electron chi connectivity index (χ1n) is 12.0. The van der Waals surface area contributed by atoms with E-state index in [1.54, 1.807) is 0 Å². The van der Waals surface area contributed by atoms with Crippen molar-refractivity contribution in [1.82, 2.24) is 0 Å². The molecule has 0 aromatic rings. The molecule has 0 spiro atoms. The van der Waals surface area contributed by atoms with Gasteiger partial charge in [0.15, 0.2) is 0 Å². The van der Waals surface area contributed by atoms with Crippen molar-refractivity contribution >= 4 is 0 Å². The second-order valence-electron chi connectivity index (χ2n) is 10.9. The Bertz CT molecular complexity index is 439. The van der Waals surface area contributed by atoms with Crippen LogP contribution in [0.25, 0.3) is 0 Å². The summed E-state index contributed by atoms with van der Waals surface area (Å²) in [5.41, 5.74) is 0. The number of rotatable bonds is 8. The summed E-state index contributed by atoms with van der Waals surface area (Å²) in [4.78, 5) is 0. The van der Waals surface area contributed by atoms with Crippen molar-refractivity contribution in [3.63, 3.8) is 0 Å². The van der Waals surface area contributed by atoms with Gasteiger partial charge in [0.25, 0.3) is 0 Å². The SMILES string of the molecule is C[N+]1(CCCCCCC[N+]2(C)[C@@H]3CC[C@H]2CC(O)C3)[C@@H]2CC[C@H]1CC(O)C2. The molecule has 4 unspecified atom stereocenters. The first-order valence-corrected chi connectivity index (χ1v) is 12.0. The van der Waals surface area contributed by atoms with Gasteiger partial charge in [0.2, 0.25) is 0 Å². The van der Waals surface area contributed by atoms with Gasteiger partial charge in [0, 0.05) is 51.4 Å². The third-order valence-corrected chi connectivity index (χ3v) is 9.46. The molecule has 0 amide bonds. The summed E-state index contributed by atoms with van der Waals surface area (Å²) < 4.78 is 2.52. The predicted octanol–water partition coefficient (Wildman–Crippen LogP) is 3.20. The molecule has 4 saturated heterocycles. The molecule has 2 N–H and O–H groups in total. The molecule has 4 rings (SSSR count). The zero-order valence-corrected chi connectivity index (χ0v) is 17.9. The maximum absolute atomic E-state index is 10.1. The van der Waals surface area contributed by atoms with Gasteiger partial charge < -0.3 is 19.2 Å². The van der Waals surface area contributed by atoms with Crippen LogP contribution in [0.3, 0.4) is 0 Å². The Morgan fingerprint density at radius 1 is 0.556 bits per heavy atom. The highest BCUT2D eigenvalue weighted by atomic mass is 16.3. The second-order valence-corrected chi connectivity index (χ2v) is 10.9. The topological polar surface area (TPSA) is 40.5 Å². The summed E-state index contributed by atoms with van der Waals surface area (Å²) in [7, 11) is 4.94. The largest absolute Gasteiger partial charge is 0.393 e. The number of fused-ring (bicyclic) bond motifs is 4. The minimum Gasteiger partial charge on any atom is -0.393 e. The summed E-state index contributed by atoms with van der Waals surface area (Å²) >= 11 is 0. The van der Waals surface area contributed by atoms with E-state index in [-0.39, 0.29) is 12.2 Å². The van der Waals surface area contributed by atoms with Crippen LogP contribution >= 0.6 is 0 Å². The standard InChI is InChI=1S/C23H44N2O2/c1-24(18-8-9-19(24)15-22(26)14-18)12-6-4-3-5-7-13-25(2)20-10-11-21(25)17-23(27)16-20/h18-23,26-27H,3-17H2,1-2H3/q+2/t18-,19+,20-,21+,22?,23?,24?,25?. The van der Waals surface area contributed by atoms with Crippen LogP contribution in [0.15, 0.2) is 0 Å². The minimum atomic E-state index is -0.0237. The quantitative estimate of drug-likeness (QED) is 0.501. The number of aliphatic hydroxyl groups is 2. The molecule has 4 fully saturated rings. The van der Waals surface area contributed by atoms with E-state index in [0.717, 1.165) is 49.9 Å². The molecular weight excluding hydrogens is 336 g/mol. The summed E-state index contributed by atoms with van der Waals surface area (Å²) in [6.45, 7) is 2.66. The van der Waals surface area contributed by atoms with Crippen molar-refractivity contribution in [3.8, 4) is 0 Å². The predicted molar refractivity (Wildman–Crippen MR) is 109 cm³/mol. The molecule has 0 aromatic heterocycles. The van der Waals surface area contributed by atoms with Crippen LogP contribution in [0, 0.1) is 0 Å². The number of unbranched alkanes of at least 4 members (excludes halogenated alkanes) is 4. The van der Waals surface area contributed by atoms with E-state index in [0.29, 0.717) is 0 Å². The zero-order valence-electron chi connectivity index (χ0n) is 17.9. The maximum Gasteiger partial charge on any atom is 0.0917 e. The van der Waals surface area contributed by atoms with Gasteiger partial charge in [-0.2, -0.15) is 0 Å². The Labute approximate surface area is 166 Å². The fraction of sp³-hybridized carbons (Fsp3) is 1.00. The number of nitrogens with zero attached hydrogens (tertiary/aromatic N) is 2. The minimum absolute atomic E-state index is 0.0237. The molecular formula is C23H44N2O2+2. The lowest BCUT2D eigenvalue weighted by Gasteiger charge is -2.46. The Morgan fingerprint density at radius 3 is 1.19 bits per heavy atom. The van der Waals surface area contributed by atoms with Crippen LogP contribution in [0.1, 0.15) is 83.5 Å². The van der Waals surface area contributed by atoms with E-state index in [2.05, 4.69) is 14.1 Å². The molecule has 4 nitrogen and oxygen atoms in total. The van der Waals surface area contributed by atoms with E-state index in [9.17, 15) is 10.2 Å². The van der Waals surface area contributed by atoms with Gasteiger partial charge in [-0.25, -0.2) is 0 Å². The number of hydrogen-bond donors (Lipinski definition) is 2. The Kier molecular flexibility index (Phi) is 5.91. The highest BCUT2D eigenvalue weighted by Crippen LogP contribution is 2.42. The van der Waals surface area contributed by atoms with Gasteiger partial charge in [0.05, 0.1) is 63.6 Å². The van der Waals surface area contributed by atoms with Gasteiger partial charge in [-0.3, -0.25) is 0 Å². The molecule has 0 saturated carbocycles. The first kappa shape index (κ1) is 20.1. The molecule has 4 aliphatic rings. The lowest BCUT2D eigenvalue weighted by molar-refractivity contribution is -0.949. The smallest absolute Gasteiger partial charge is 0.0917 e. The highest BCUT2D eigenvalue weighted by molar-refractivity contribution is 4.86. The van der Waals surface area contributed by atoms with Crippen LogP contribution in [-0.2, 0) is 0 Å². The Hall–Kier alpha value is -0.160. The van der Waals surface area contributed by atoms with Gasteiger partial charge in [-0.05, 0) is 25.7 Å². The molecule has 0 aliphatic carbocycles. The third-order valence-electron chi connectivity index (χ3n) is 9.46. The van der Waals surface area contributed by atoms with E-state index >= 15 is 0 Å². The fourth-order valence-corrected chi connectivity index (χ4v) is 7.59. The van der Waals surface area contributed by atoms with Gasteiger partial charge in [-0.15, -0.1) is 0 Å². The normalized spacial score (nSPS) is 48.9. The molecule has 27 heavy (non-hydrogen) atoms. The summed E-state index contributed by atoms with van der Waals surface area (Å²) in [5, 5.41) is 20.1. The third kappa shape index (κ3) is 3.84. The van der Waals surface area contributed by atoms with E-state index in [1.807, 2.05) is 0 Å². The van der Waals surface area contributed by atoms with Gasteiger partial charge >= 0.3 is 0 Å². The summed E-state index contributed by atoms with van der Waals surface area (Å²) in [6, 6.07) is 2.92. The second kappa shape index (κ2) is 7.93. The van der Waals surface area contributed by atoms with E-state index < -0.39 is 0 Å². The molecule has 4 heteroatoms. The number of piperidine rings is 2. The van der Waals surface area contributed by atoms with Gasteiger partial charge in [-0.1, -0.05) is 6.42 Å². The number of hydrogen-bond acceptors (Lipinski definition) is 2. The van der Waals surface area contributed by atoms with Crippen molar-refractivity contribution in [2.75, 3.05) is 27.2 Å². The average Bonchev–Trinajstić information content (AvgIpc) is 2.91. The first-order chi connectivity index (χ1) is 12.9. The van der Waals surface area contributed by atoms with Crippen LogP contribution in [0.5, 0.6) is 0 Å².